The van der Waals surface area contributed by atoms with Gasteiger partial charge < -0.3 is 26.8 Å². The number of halogens is 2. The number of phenols is 1. The molecule has 0 fully saturated rings. The first-order valence-electron chi connectivity index (χ1n) is 5.67. The number of methoxy groups -OCH3 is 1. The number of aromatic hydroxyl groups is 1. The summed E-state index contributed by atoms with van der Waals surface area (Å²) in [6.45, 7) is 0. The van der Waals surface area contributed by atoms with Gasteiger partial charge in [-0.3, -0.25) is 0 Å². The molecular weight excluding hydrogens is 317 g/mol. The number of ether oxygens (including phenoxy) is 1. The summed E-state index contributed by atoms with van der Waals surface area (Å²) < 4.78 is 4.51. The Morgan fingerprint density at radius 3 is 2.14 bits per heavy atom. The van der Waals surface area contributed by atoms with Crippen LogP contribution in [0, 0.1) is 0 Å². The summed E-state index contributed by atoms with van der Waals surface area (Å²) in [5, 5.41) is 9.31. The highest BCUT2D eigenvalue weighted by Crippen LogP contribution is 2.46. The normalized spacial score (nSPS) is 10.8. The Hall–Kier alpha value is -1.86. The Morgan fingerprint density at radius 1 is 1.05 bits per heavy atom. The van der Waals surface area contributed by atoms with Gasteiger partial charge >= 0.3 is 0 Å². The molecule has 0 bridgehead atoms. The maximum atomic E-state index is 9.31. The molecule has 0 aliphatic carbocycles. The highest BCUT2D eigenvalue weighted by Gasteiger charge is 2.35. The van der Waals surface area contributed by atoms with Crippen LogP contribution < -0.4 is 19.7 Å². The van der Waals surface area contributed by atoms with Gasteiger partial charge in [-0.1, -0.05) is 3.52 Å². The molecule has 0 aliphatic rings. The maximum absolute atomic E-state index is 9.31. The number of nitrogen functional groups attached to an aromatic ring is 2. The molecule has 0 aliphatic heterocycles. The smallest absolute Gasteiger partial charge is 0.201 e. The van der Waals surface area contributed by atoms with E-state index in [2.05, 4.69) is 0 Å². The van der Waals surface area contributed by atoms with Crippen molar-refractivity contribution in [3.63, 3.8) is 0 Å². The van der Waals surface area contributed by atoms with Gasteiger partial charge in [-0.15, -0.1) is 0 Å². The van der Waals surface area contributed by atoms with Gasteiger partial charge in [-0.05, 0) is 18.2 Å². The molecule has 0 unspecified atom stereocenters. The quantitative estimate of drug-likeness (QED) is 0.592. The molecule has 0 atom stereocenters. The number of hydrogen-bond donors (Lipinski definition) is 3. The monoisotopic (exact) mass is 332 g/mol. The second-order valence-electron chi connectivity index (χ2n) is 4.18. The van der Waals surface area contributed by atoms with E-state index in [0.29, 0.717) is 28.5 Å². The maximum Gasteiger partial charge on any atom is 0.201 e. The summed E-state index contributed by atoms with van der Waals surface area (Å²) in [4.78, 5) is 0. The fourth-order valence-corrected chi connectivity index (χ4v) is 2.32. The van der Waals surface area contributed by atoms with E-state index in [1.54, 1.807) is 18.2 Å². The fourth-order valence-electron chi connectivity index (χ4n) is 1.80. The molecule has 0 aromatic heterocycles. The number of rotatable bonds is 3. The molecule has 6 nitrogen and oxygen atoms in total. The summed E-state index contributed by atoms with van der Waals surface area (Å²) in [6, 6.07) is 9.27. The van der Waals surface area contributed by atoms with Gasteiger partial charge in [-0.2, -0.15) is 0 Å². The van der Waals surface area contributed by atoms with Gasteiger partial charge in [0.1, 0.15) is 11.5 Å². The fraction of sp³-hybridized carbons (Fsp3) is 0.0769. The van der Waals surface area contributed by atoms with Crippen molar-refractivity contribution >= 4 is 46.3 Å². The molecule has 2 aromatic carbocycles. The largest absolute Gasteiger partial charge is 0.508 e. The number of nitrogens with zero attached hydrogens (tertiary/aromatic N) is 1. The summed E-state index contributed by atoms with van der Waals surface area (Å²) in [5.74, 6) is 0.543. The minimum atomic E-state index is -0.636. The van der Waals surface area contributed by atoms with Crippen LogP contribution in [0.25, 0.3) is 0 Å². The van der Waals surface area contributed by atoms with Crippen molar-refractivity contribution in [3.05, 3.63) is 36.4 Å². The van der Waals surface area contributed by atoms with E-state index in [-0.39, 0.29) is 11.2 Å². The van der Waals surface area contributed by atoms with Crippen molar-refractivity contribution in [1.29, 1.82) is 0 Å². The van der Waals surface area contributed by atoms with Crippen molar-refractivity contribution in [2.75, 3.05) is 18.6 Å². The van der Waals surface area contributed by atoms with Gasteiger partial charge in [0, 0.05) is 18.2 Å². The SMILES string of the molecule is COc1cc([N+](Cl)(Cl)c2ccc(O)cc2)c(N)cc1N.O. The second-order valence-corrected chi connectivity index (χ2v) is 5.37. The number of benzene rings is 2. The van der Waals surface area contributed by atoms with Crippen LogP contribution in [0.2, 0.25) is 0 Å². The number of hydrogen-bond acceptors (Lipinski definition) is 4. The third-order valence-corrected chi connectivity index (χ3v) is 3.61. The minimum Gasteiger partial charge on any atom is -0.508 e. The molecule has 2 aromatic rings. The summed E-state index contributed by atoms with van der Waals surface area (Å²) in [7, 11) is 1.49. The van der Waals surface area contributed by atoms with Crippen LogP contribution in [0.5, 0.6) is 11.5 Å². The lowest BCUT2D eigenvalue weighted by atomic mass is 10.2. The zero-order valence-electron chi connectivity index (χ0n) is 11.2. The first-order valence-corrected chi connectivity index (χ1v) is 6.35. The average molecular weight is 333 g/mol. The molecule has 2 rings (SSSR count). The predicted octanol–water partition coefficient (Wildman–Crippen LogP) is 2.69. The van der Waals surface area contributed by atoms with Crippen molar-refractivity contribution < 1.29 is 15.3 Å². The third kappa shape index (κ3) is 3.25. The van der Waals surface area contributed by atoms with E-state index in [1.165, 1.54) is 25.3 Å². The van der Waals surface area contributed by atoms with Crippen LogP contribution in [-0.4, -0.2) is 17.7 Å². The van der Waals surface area contributed by atoms with Gasteiger partial charge in [0.05, 0.1) is 18.5 Å². The lowest BCUT2D eigenvalue weighted by Crippen LogP contribution is -2.21. The number of anilines is 2. The van der Waals surface area contributed by atoms with E-state index in [1.807, 2.05) is 0 Å². The lowest BCUT2D eigenvalue weighted by Gasteiger charge is -2.20. The highest BCUT2D eigenvalue weighted by molar-refractivity contribution is 6.47. The summed E-state index contributed by atoms with van der Waals surface area (Å²) >= 11 is 12.7. The van der Waals surface area contributed by atoms with Crippen molar-refractivity contribution in [1.82, 2.24) is 3.52 Å². The Bertz CT molecular complexity index is 633. The molecule has 0 heterocycles. The first-order chi connectivity index (χ1) is 9.36. The van der Waals surface area contributed by atoms with E-state index < -0.39 is 3.52 Å². The van der Waals surface area contributed by atoms with E-state index >= 15 is 0 Å². The molecule has 0 saturated carbocycles. The van der Waals surface area contributed by atoms with Gasteiger partial charge in [0.25, 0.3) is 0 Å². The molecule has 8 heteroatoms. The predicted molar refractivity (Wildman–Crippen MR) is 86.7 cm³/mol. The van der Waals surface area contributed by atoms with Gasteiger partial charge in [-0.25, -0.2) is 0 Å². The molecule has 114 valence electrons. The topological polar surface area (TPSA) is 113 Å². The Balaban J connectivity index is 0.00000220. The van der Waals surface area contributed by atoms with E-state index in [0.717, 1.165) is 0 Å². The Morgan fingerprint density at radius 2 is 1.62 bits per heavy atom. The molecule has 7 N–H and O–H groups in total. The summed E-state index contributed by atoms with van der Waals surface area (Å²) in [6.07, 6.45) is 0. The minimum absolute atomic E-state index is 0. The number of nitrogens with two attached hydrogens (primary N) is 2. The molecule has 0 saturated heterocycles. The zero-order valence-corrected chi connectivity index (χ0v) is 12.7. The summed E-state index contributed by atoms with van der Waals surface area (Å²) in [5.41, 5.74) is 13.4. The number of phenolic OH excluding ortho intramolecular Hbond substituents is 1. The van der Waals surface area contributed by atoms with Gasteiger partial charge in [0.2, 0.25) is 5.69 Å². The van der Waals surface area contributed by atoms with Crippen LogP contribution in [0.15, 0.2) is 36.4 Å². The standard InChI is InChI=1S/C13H13Cl2N3O2.H2O/c1-20-13-7-12(10(16)6-11(13)17)18(14,15)8-2-4-9(19)5-3-8;/h2-7H,16-17H2,1H3;1H2/p+1. The average Bonchev–Trinajstić information content (AvgIpc) is 2.39. The van der Waals surface area contributed by atoms with Crippen molar-refractivity contribution in [2.24, 2.45) is 0 Å². The molecule has 0 amide bonds. The van der Waals surface area contributed by atoms with E-state index in [4.69, 9.17) is 39.8 Å². The highest BCUT2D eigenvalue weighted by atomic mass is 35.5. The van der Waals surface area contributed by atoms with Crippen LogP contribution in [0.1, 0.15) is 0 Å². The lowest BCUT2D eigenvalue weighted by molar-refractivity contribution is 0.417. The van der Waals surface area contributed by atoms with Crippen LogP contribution in [-0.2, 0) is 0 Å². The zero-order chi connectivity index (χ0) is 14.9. The van der Waals surface area contributed by atoms with Crippen LogP contribution >= 0.6 is 23.6 Å². The number of quaternary nitrogens is 1. The van der Waals surface area contributed by atoms with Crippen LogP contribution in [0.3, 0.4) is 0 Å². The second kappa shape index (κ2) is 6.28. The van der Waals surface area contributed by atoms with Crippen LogP contribution in [0.4, 0.5) is 22.7 Å². The molecule has 0 spiro atoms. The molecule has 21 heavy (non-hydrogen) atoms. The van der Waals surface area contributed by atoms with Crippen molar-refractivity contribution in [2.45, 2.75) is 0 Å². The Kier molecular flexibility index (Phi) is 5.14. The first kappa shape index (κ1) is 17.2. The van der Waals surface area contributed by atoms with Gasteiger partial charge in [0.15, 0.2) is 29.2 Å². The third-order valence-electron chi connectivity index (χ3n) is 2.86. The molecular formula is C13H16Cl2N3O3+. The van der Waals surface area contributed by atoms with Crippen molar-refractivity contribution in [3.8, 4) is 11.5 Å². The van der Waals surface area contributed by atoms with E-state index in [9.17, 15) is 5.11 Å². The molecule has 0 radical (unpaired) electrons. The Labute approximate surface area is 132 Å².